The number of carbonyl (C=O) groups excluding carboxylic acids is 1. The largest absolute Gasteiger partial charge is 0.385 e. The monoisotopic (exact) mass is 262 g/mol. The van der Waals surface area contributed by atoms with Gasteiger partial charge >= 0.3 is 0 Å². The summed E-state index contributed by atoms with van der Waals surface area (Å²) >= 11 is 0. The van der Waals surface area contributed by atoms with Crippen LogP contribution in [-0.4, -0.2) is 18.5 Å². The highest BCUT2D eigenvalue weighted by molar-refractivity contribution is 5.78. The molecule has 0 unspecified atom stereocenters. The zero-order chi connectivity index (χ0) is 14.3. The zero-order valence-corrected chi connectivity index (χ0v) is 12.5. The highest BCUT2D eigenvalue weighted by Crippen LogP contribution is 2.11. The van der Waals surface area contributed by atoms with Crippen LogP contribution in [0.1, 0.15) is 39.7 Å². The fourth-order valence-corrected chi connectivity index (χ4v) is 1.80. The van der Waals surface area contributed by atoms with Gasteiger partial charge in [0.15, 0.2) is 0 Å². The number of rotatable bonds is 7. The molecule has 0 aromatic heterocycles. The van der Waals surface area contributed by atoms with Crippen LogP contribution in [0.2, 0.25) is 0 Å². The predicted octanol–water partition coefficient (Wildman–Crippen LogP) is 3.21. The first-order valence-corrected chi connectivity index (χ1v) is 7.09. The van der Waals surface area contributed by atoms with E-state index in [4.69, 9.17) is 0 Å². The van der Waals surface area contributed by atoms with Crippen LogP contribution < -0.4 is 10.6 Å². The second-order valence-electron chi connectivity index (χ2n) is 5.71. The average molecular weight is 262 g/mol. The molecule has 0 spiro atoms. The van der Waals surface area contributed by atoms with Crippen LogP contribution in [0.4, 0.5) is 5.69 Å². The molecule has 19 heavy (non-hydrogen) atoms. The minimum atomic E-state index is 0.0792. The summed E-state index contributed by atoms with van der Waals surface area (Å²) in [4.78, 5) is 11.6. The van der Waals surface area contributed by atoms with Gasteiger partial charge < -0.3 is 10.6 Å². The van der Waals surface area contributed by atoms with Crippen LogP contribution in [-0.2, 0) is 11.2 Å². The van der Waals surface area contributed by atoms with Crippen LogP contribution >= 0.6 is 0 Å². The van der Waals surface area contributed by atoms with Crippen LogP contribution in [0.15, 0.2) is 24.3 Å². The predicted molar refractivity (Wildman–Crippen MR) is 81.4 cm³/mol. The summed E-state index contributed by atoms with van der Waals surface area (Å²) in [5.41, 5.74) is 2.17. The lowest BCUT2D eigenvalue weighted by atomic mass is 10.1. The Morgan fingerprint density at radius 2 is 1.74 bits per heavy atom. The highest BCUT2D eigenvalue weighted by atomic mass is 16.1. The Morgan fingerprint density at radius 3 is 2.26 bits per heavy atom. The second-order valence-corrected chi connectivity index (χ2v) is 5.71. The maximum absolute atomic E-state index is 11.6. The van der Waals surface area contributed by atoms with Gasteiger partial charge in [-0.05, 0) is 43.9 Å². The van der Waals surface area contributed by atoms with E-state index in [0.717, 1.165) is 17.8 Å². The maximum atomic E-state index is 11.6. The number of nitrogens with one attached hydrogen (secondary N) is 2. The van der Waals surface area contributed by atoms with Crippen molar-refractivity contribution in [3.05, 3.63) is 29.8 Å². The Morgan fingerprint density at radius 1 is 1.11 bits per heavy atom. The van der Waals surface area contributed by atoms with Crippen molar-refractivity contribution in [2.75, 3.05) is 11.9 Å². The third-order valence-electron chi connectivity index (χ3n) is 2.82. The highest BCUT2D eigenvalue weighted by Gasteiger charge is 2.04. The standard InChI is InChI=1S/C16H26N2O/c1-12(2)9-10-17-15-7-5-14(6-8-15)11-16(19)18-13(3)4/h5-8,12-13,17H,9-11H2,1-4H3,(H,18,19). The van der Waals surface area contributed by atoms with Gasteiger partial charge in [-0.15, -0.1) is 0 Å². The zero-order valence-electron chi connectivity index (χ0n) is 12.5. The Labute approximate surface area is 116 Å². The fourth-order valence-electron chi connectivity index (χ4n) is 1.80. The third-order valence-corrected chi connectivity index (χ3v) is 2.82. The molecule has 0 aliphatic carbocycles. The normalized spacial score (nSPS) is 10.8. The van der Waals surface area contributed by atoms with Crippen LogP contribution in [0, 0.1) is 5.92 Å². The number of hydrogen-bond donors (Lipinski definition) is 2. The summed E-state index contributed by atoms with van der Waals surface area (Å²) in [6.45, 7) is 9.38. The number of carbonyl (C=O) groups is 1. The molecule has 0 heterocycles. The number of hydrogen-bond acceptors (Lipinski definition) is 2. The molecule has 1 rings (SSSR count). The molecule has 0 fully saturated rings. The molecule has 0 aliphatic heterocycles. The van der Waals surface area contributed by atoms with Crippen molar-refractivity contribution in [2.24, 2.45) is 5.92 Å². The molecule has 2 N–H and O–H groups in total. The van der Waals surface area contributed by atoms with E-state index < -0.39 is 0 Å². The van der Waals surface area contributed by atoms with E-state index in [0.29, 0.717) is 12.3 Å². The summed E-state index contributed by atoms with van der Waals surface area (Å²) in [6.07, 6.45) is 1.61. The summed E-state index contributed by atoms with van der Waals surface area (Å²) < 4.78 is 0. The number of amides is 1. The van der Waals surface area contributed by atoms with Gasteiger partial charge in [0.2, 0.25) is 5.91 Å². The van der Waals surface area contributed by atoms with E-state index in [1.165, 1.54) is 6.42 Å². The Bertz CT molecular complexity index is 382. The molecule has 1 aromatic rings. The van der Waals surface area contributed by atoms with Gasteiger partial charge in [0.05, 0.1) is 6.42 Å². The molecule has 3 nitrogen and oxygen atoms in total. The maximum Gasteiger partial charge on any atom is 0.224 e. The van der Waals surface area contributed by atoms with E-state index in [1.54, 1.807) is 0 Å². The Kier molecular flexibility index (Phi) is 6.40. The van der Waals surface area contributed by atoms with Gasteiger partial charge in [-0.2, -0.15) is 0 Å². The average Bonchev–Trinajstić information content (AvgIpc) is 2.29. The molecule has 0 saturated heterocycles. The molecule has 0 bridgehead atoms. The smallest absolute Gasteiger partial charge is 0.224 e. The van der Waals surface area contributed by atoms with Crippen molar-refractivity contribution in [1.29, 1.82) is 0 Å². The molecule has 1 amide bonds. The van der Waals surface area contributed by atoms with E-state index in [9.17, 15) is 4.79 Å². The first kappa shape index (κ1) is 15.5. The van der Waals surface area contributed by atoms with E-state index >= 15 is 0 Å². The van der Waals surface area contributed by atoms with Crippen LogP contribution in [0.5, 0.6) is 0 Å². The minimum absolute atomic E-state index is 0.0792. The molecule has 0 aliphatic rings. The molecule has 1 aromatic carbocycles. The summed E-state index contributed by atoms with van der Waals surface area (Å²) in [6, 6.07) is 8.30. The fraction of sp³-hybridized carbons (Fsp3) is 0.562. The molecular weight excluding hydrogens is 236 g/mol. The van der Waals surface area contributed by atoms with Crippen molar-refractivity contribution < 1.29 is 4.79 Å². The Hall–Kier alpha value is -1.51. The van der Waals surface area contributed by atoms with Gasteiger partial charge in [0, 0.05) is 18.3 Å². The van der Waals surface area contributed by atoms with Crippen molar-refractivity contribution >= 4 is 11.6 Å². The topological polar surface area (TPSA) is 41.1 Å². The van der Waals surface area contributed by atoms with E-state index in [-0.39, 0.29) is 11.9 Å². The molecule has 3 heteroatoms. The summed E-state index contributed by atoms with van der Waals surface area (Å²) in [5, 5.41) is 6.29. The van der Waals surface area contributed by atoms with Gasteiger partial charge in [0.25, 0.3) is 0 Å². The van der Waals surface area contributed by atoms with Crippen molar-refractivity contribution in [3.63, 3.8) is 0 Å². The van der Waals surface area contributed by atoms with Gasteiger partial charge in [-0.1, -0.05) is 26.0 Å². The number of benzene rings is 1. The van der Waals surface area contributed by atoms with Crippen molar-refractivity contribution in [2.45, 2.75) is 46.6 Å². The van der Waals surface area contributed by atoms with E-state index in [2.05, 4.69) is 24.5 Å². The summed E-state index contributed by atoms with van der Waals surface area (Å²) in [7, 11) is 0. The molecular formula is C16H26N2O. The lowest BCUT2D eigenvalue weighted by Gasteiger charge is -2.10. The quantitative estimate of drug-likeness (QED) is 0.792. The Balaban J connectivity index is 2.41. The molecule has 106 valence electrons. The van der Waals surface area contributed by atoms with Gasteiger partial charge in [-0.3, -0.25) is 4.79 Å². The van der Waals surface area contributed by atoms with Gasteiger partial charge in [0.1, 0.15) is 0 Å². The number of anilines is 1. The third kappa shape index (κ3) is 6.85. The van der Waals surface area contributed by atoms with Crippen LogP contribution in [0.25, 0.3) is 0 Å². The second kappa shape index (κ2) is 7.82. The molecule has 0 atom stereocenters. The van der Waals surface area contributed by atoms with Crippen molar-refractivity contribution in [3.8, 4) is 0 Å². The lowest BCUT2D eigenvalue weighted by Crippen LogP contribution is -2.31. The van der Waals surface area contributed by atoms with E-state index in [1.807, 2.05) is 38.1 Å². The molecule has 0 saturated carbocycles. The SMILES string of the molecule is CC(C)CCNc1ccc(CC(=O)NC(C)C)cc1. The van der Waals surface area contributed by atoms with Gasteiger partial charge in [-0.25, -0.2) is 0 Å². The molecule has 0 radical (unpaired) electrons. The minimum Gasteiger partial charge on any atom is -0.385 e. The van der Waals surface area contributed by atoms with Crippen LogP contribution in [0.3, 0.4) is 0 Å². The summed E-state index contributed by atoms with van der Waals surface area (Å²) in [5.74, 6) is 0.794. The lowest BCUT2D eigenvalue weighted by molar-refractivity contribution is -0.120. The first-order valence-electron chi connectivity index (χ1n) is 7.09. The van der Waals surface area contributed by atoms with Crippen molar-refractivity contribution in [1.82, 2.24) is 5.32 Å². The first-order chi connectivity index (χ1) is 8.97.